The Balaban J connectivity index is 0.00000420. The van der Waals surface area contributed by atoms with Gasteiger partial charge in [0.15, 0.2) is 11.8 Å². The minimum absolute atomic E-state index is 0. The van der Waals surface area contributed by atoms with Crippen LogP contribution in [-0.2, 0) is 6.42 Å². The highest BCUT2D eigenvalue weighted by molar-refractivity contribution is 14.0. The summed E-state index contributed by atoms with van der Waals surface area (Å²) in [5.41, 5.74) is 0. The molecule has 7 nitrogen and oxygen atoms in total. The lowest BCUT2D eigenvalue weighted by molar-refractivity contribution is 0.205. The summed E-state index contributed by atoms with van der Waals surface area (Å²) in [4.78, 5) is 8.94. The monoisotopic (exact) mass is 519 g/mol. The lowest BCUT2D eigenvalue weighted by atomic mass is 10.2. The van der Waals surface area contributed by atoms with Gasteiger partial charge in [0.05, 0.1) is 6.54 Å². The van der Waals surface area contributed by atoms with Crippen molar-refractivity contribution < 1.29 is 13.7 Å². The number of guanidine groups is 1. The van der Waals surface area contributed by atoms with Crippen LogP contribution in [0.3, 0.4) is 0 Å². The predicted molar refractivity (Wildman–Crippen MR) is 123 cm³/mol. The molecule has 2 rings (SSSR count). The van der Waals surface area contributed by atoms with E-state index in [1.165, 1.54) is 12.1 Å². The highest BCUT2D eigenvalue weighted by atomic mass is 127. The minimum Gasteiger partial charge on any atom is -0.488 e. The first-order valence-corrected chi connectivity index (χ1v) is 9.78. The molecule has 0 aliphatic rings. The average molecular weight is 519 g/mol. The van der Waals surface area contributed by atoms with Gasteiger partial charge in [-0.3, -0.25) is 0 Å². The van der Waals surface area contributed by atoms with E-state index in [4.69, 9.17) is 9.26 Å². The van der Waals surface area contributed by atoms with Gasteiger partial charge in [-0.15, -0.1) is 24.0 Å². The van der Waals surface area contributed by atoms with Gasteiger partial charge in [-0.05, 0) is 25.5 Å². The molecule has 1 aromatic heterocycles. The van der Waals surface area contributed by atoms with Gasteiger partial charge in [0.2, 0.25) is 5.89 Å². The third-order valence-corrected chi connectivity index (χ3v) is 3.98. The quantitative estimate of drug-likeness (QED) is 0.282. The predicted octanol–water partition coefficient (Wildman–Crippen LogP) is 3.91. The molecule has 0 fully saturated rings. The van der Waals surface area contributed by atoms with Crippen molar-refractivity contribution in [3.8, 4) is 5.75 Å². The van der Waals surface area contributed by atoms with E-state index < -0.39 is 0 Å². The van der Waals surface area contributed by atoms with Gasteiger partial charge in [-0.1, -0.05) is 32.0 Å². The van der Waals surface area contributed by atoms with Crippen molar-refractivity contribution >= 4 is 29.9 Å². The van der Waals surface area contributed by atoms with Crippen molar-refractivity contribution in [3.05, 3.63) is 41.8 Å². The summed E-state index contributed by atoms with van der Waals surface area (Å²) in [6.45, 7) is 9.89. The van der Waals surface area contributed by atoms with Crippen LogP contribution in [0.1, 0.15) is 51.7 Å². The molecule has 0 radical (unpaired) electrons. The largest absolute Gasteiger partial charge is 0.488 e. The smallest absolute Gasteiger partial charge is 0.228 e. The maximum absolute atomic E-state index is 13.3. The molecular weight excluding hydrogens is 488 g/mol. The second kappa shape index (κ2) is 13.3. The summed E-state index contributed by atoms with van der Waals surface area (Å²) in [5.74, 6) is 2.45. The van der Waals surface area contributed by atoms with Crippen molar-refractivity contribution in [2.45, 2.75) is 52.6 Å². The van der Waals surface area contributed by atoms with E-state index in [9.17, 15) is 4.39 Å². The highest BCUT2D eigenvalue weighted by Gasteiger charge is 2.11. The molecule has 9 heteroatoms. The molecule has 0 bridgehead atoms. The summed E-state index contributed by atoms with van der Waals surface area (Å²) in [6.07, 6.45) is 1.24. The summed E-state index contributed by atoms with van der Waals surface area (Å²) in [5, 5.41) is 10.4. The number of aromatic nitrogens is 2. The van der Waals surface area contributed by atoms with E-state index >= 15 is 0 Å². The molecule has 2 aromatic rings. The van der Waals surface area contributed by atoms with Gasteiger partial charge >= 0.3 is 0 Å². The number of benzene rings is 1. The first-order valence-electron chi connectivity index (χ1n) is 9.78. The molecule has 2 N–H and O–H groups in total. The molecule has 0 spiro atoms. The van der Waals surface area contributed by atoms with Crippen molar-refractivity contribution in [1.82, 2.24) is 20.8 Å². The van der Waals surface area contributed by atoms with Crippen LogP contribution in [0.5, 0.6) is 5.75 Å². The van der Waals surface area contributed by atoms with Crippen molar-refractivity contribution in [3.63, 3.8) is 0 Å². The minimum atomic E-state index is -0.312. The molecule has 0 saturated carbocycles. The Morgan fingerprint density at radius 1 is 1.28 bits per heavy atom. The number of hydrogen-bond donors (Lipinski definition) is 2. The Morgan fingerprint density at radius 2 is 2.07 bits per heavy atom. The van der Waals surface area contributed by atoms with Crippen LogP contribution >= 0.6 is 24.0 Å². The Kier molecular flexibility index (Phi) is 11.6. The number of nitrogens with one attached hydrogen (secondary N) is 2. The maximum Gasteiger partial charge on any atom is 0.228 e. The van der Waals surface area contributed by atoms with Crippen LogP contribution < -0.4 is 15.4 Å². The van der Waals surface area contributed by atoms with E-state index in [1.807, 2.05) is 27.7 Å². The van der Waals surface area contributed by atoms with Crippen LogP contribution in [0.25, 0.3) is 0 Å². The van der Waals surface area contributed by atoms with Crippen LogP contribution in [0.2, 0.25) is 0 Å². The van der Waals surface area contributed by atoms with Crippen molar-refractivity contribution in [2.75, 3.05) is 19.6 Å². The van der Waals surface area contributed by atoms with Crippen LogP contribution in [-0.4, -0.2) is 41.8 Å². The SMILES string of the molecule is CCNC(=NCC(CC)Oc1cccc(F)c1)NCCc1nc(C(C)C)no1.I. The molecule has 29 heavy (non-hydrogen) atoms. The zero-order valence-corrected chi connectivity index (χ0v) is 19.8. The van der Waals surface area contributed by atoms with Crippen LogP contribution in [0, 0.1) is 5.82 Å². The molecule has 0 amide bonds. The number of aliphatic imine (C=N–C) groups is 1. The number of halogens is 2. The molecule has 0 aliphatic carbocycles. The van der Waals surface area contributed by atoms with E-state index in [0.717, 1.165) is 18.8 Å². The van der Waals surface area contributed by atoms with Gasteiger partial charge in [0, 0.05) is 31.5 Å². The Labute approximate surface area is 188 Å². The standard InChI is InChI=1S/C20H30FN5O2.HI/c1-5-16(27-17-9-7-8-15(21)12-17)13-24-20(22-6-2)23-11-10-18-25-19(14(3)4)26-28-18;/h7-9,12,14,16H,5-6,10-11,13H2,1-4H3,(H2,22,23,24);1H. The third kappa shape index (κ3) is 8.97. The topological polar surface area (TPSA) is 84.6 Å². The molecule has 1 heterocycles. The van der Waals surface area contributed by atoms with Gasteiger partial charge < -0.3 is 19.9 Å². The number of rotatable bonds is 10. The summed E-state index contributed by atoms with van der Waals surface area (Å²) >= 11 is 0. The average Bonchev–Trinajstić information content (AvgIpc) is 3.14. The fourth-order valence-corrected chi connectivity index (χ4v) is 2.41. The zero-order chi connectivity index (χ0) is 20.4. The van der Waals surface area contributed by atoms with Crippen molar-refractivity contribution in [1.29, 1.82) is 0 Å². The van der Waals surface area contributed by atoms with Gasteiger partial charge in [0.1, 0.15) is 17.7 Å². The van der Waals surface area contributed by atoms with E-state index in [2.05, 4.69) is 25.8 Å². The third-order valence-electron chi connectivity index (χ3n) is 3.98. The number of nitrogens with zero attached hydrogens (tertiary/aromatic N) is 3. The molecule has 1 aromatic carbocycles. The van der Waals surface area contributed by atoms with Gasteiger partial charge in [-0.25, -0.2) is 9.38 Å². The summed E-state index contributed by atoms with van der Waals surface area (Å²) in [7, 11) is 0. The van der Waals surface area contributed by atoms with E-state index in [-0.39, 0.29) is 41.8 Å². The zero-order valence-electron chi connectivity index (χ0n) is 17.4. The molecule has 162 valence electrons. The first-order chi connectivity index (χ1) is 13.5. The van der Waals surface area contributed by atoms with Crippen molar-refractivity contribution in [2.24, 2.45) is 4.99 Å². The van der Waals surface area contributed by atoms with E-state index in [1.54, 1.807) is 12.1 Å². The Morgan fingerprint density at radius 3 is 2.69 bits per heavy atom. The molecular formula is C20H31FIN5O2. The van der Waals surface area contributed by atoms with E-state index in [0.29, 0.717) is 37.1 Å². The fraction of sp³-hybridized carbons (Fsp3) is 0.550. The lowest BCUT2D eigenvalue weighted by Gasteiger charge is -2.17. The number of hydrogen-bond acceptors (Lipinski definition) is 5. The van der Waals surface area contributed by atoms with Crippen LogP contribution in [0.4, 0.5) is 4.39 Å². The fourth-order valence-electron chi connectivity index (χ4n) is 2.41. The molecule has 1 unspecified atom stereocenters. The second-order valence-electron chi connectivity index (χ2n) is 6.70. The summed E-state index contributed by atoms with van der Waals surface area (Å²) < 4.78 is 24.4. The first kappa shape index (κ1) is 25.1. The molecule has 0 aliphatic heterocycles. The maximum atomic E-state index is 13.3. The second-order valence-corrected chi connectivity index (χ2v) is 6.70. The lowest BCUT2D eigenvalue weighted by Crippen LogP contribution is -2.39. The van der Waals surface area contributed by atoms with Crippen LogP contribution in [0.15, 0.2) is 33.8 Å². The molecule has 0 saturated heterocycles. The summed E-state index contributed by atoms with van der Waals surface area (Å²) in [6, 6.07) is 6.15. The number of ether oxygens (including phenoxy) is 1. The Bertz CT molecular complexity index is 754. The normalized spacial score (nSPS) is 12.4. The van der Waals surface area contributed by atoms with Gasteiger partial charge in [-0.2, -0.15) is 4.98 Å². The molecule has 1 atom stereocenters. The van der Waals surface area contributed by atoms with Gasteiger partial charge in [0.25, 0.3) is 0 Å². The highest BCUT2D eigenvalue weighted by Crippen LogP contribution is 2.15. The Hall–Kier alpha value is -1.91.